The Kier molecular flexibility index (Phi) is 9.77. The van der Waals surface area contributed by atoms with Crippen LogP contribution in [0.3, 0.4) is 0 Å². The van der Waals surface area contributed by atoms with Crippen molar-refractivity contribution in [3.8, 4) is 11.5 Å². The number of methoxy groups -OCH3 is 2. The number of rotatable bonds is 12. The third-order valence-electron chi connectivity index (χ3n) is 5.12. The van der Waals surface area contributed by atoms with Gasteiger partial charge in [-0.05, 0) is 31.4 Å². The van der Waals surface area contributed by atoms with E-state index in [9.17, 15) is 14.4 Å². The molecule has 0 aliphatic rings. The van der Waals surface area contributed by atoms with Gasteiger partial charge in [-0.25, -0.2) is 4.79 Å². The normalized spacial score (nSPS) is 10.7. The predicted molar refractivity (Wildman–Crippen MR) is 136 cm³/mol. The molecule has 1 amide bonds. The highest BCUT2D eigenvalue weighted by atomic mass is 35.5. The van der Waals surface area contributed by atoms with Crippen molar-refractivity contribution in [2.75, 3.05) is 32.7 Å². The number of hydrogen-bond donors (Lipinski definition) is 2. The molecule has 0 bridgehead atoms. The number of fused-ring (bicyclic) bond motifs is 1. The molecule has 12 heteroatoms. The van der Waals surface area contributed by atoms with Crippen LogP contribution < -0.4 is 25.7 Å². The summed E-state index contributed by atoms with van der Waals surface area (Å²) in [5, 5.41) is 6.69. The fourth-order valence-electron chi connectivity index (χ4n) is 3.32. The highest BCUT2D eigenvalue weighted by Gasteiger charge is 2.18. The van der Waals surface area contributed by atoms with Crippen LogP contribution in [0.25, 0.3) is 11.0 Å². The van der Waals surface area contributed by atoms with E-state index in [0.717, 1.165) is 0 Å². The number of carbonyl (C=O) groups excluding carboxylic acids is 2. The maximum atomic E-state index is 12.4. The van der Waals surface area contributed by atoms with E-state index in [4.69, 9.17) is 37.1 Å². The minimum absolute atomic E-state index is 0.152. The van der Waals surface area contributed by atoms with E-state index in [1.807, 2.05) is 0 Å². The van der Waals surface area contributed by atoms with Gasteiger partial charge in [0.15, 0.2) is 11.3 Å². The first-order valence-corrected chi connectivity index (χ1v) is 11.8. The zero-order chi connectivity index (χ0) is 26.1. The second kappa shape index (κ2) is 13.0. The zero-order valence-corrected chi connectivity index (χ0v) is 21.2. The molecule has 10 nitrogen and oxygen atoms in total. The number of nitrogens with one attached hydrogen (secondary N) is 2. The summed E-state index contributed by atoms with van der Waals surface area (Å²) in [6.07, 6.45) is 5.09. The Bertz CT molecular complexity index is 1280. The maximum absolute atomic E-state index is 12.4. The topological polar surface area (TPSA) is 129 Å². The van der Waals surface area contributed by atoms with Crippen molar-refractivity contribution in [1.82, 2.24) is 10.3 Å². The molecule has 0 aliphatic heterocycles. The van der Waals surface area contributed by atoms with Gasteiger partial charge in [-0.15, -0.1) is 0 Å². The van der Waals surface area contributed by atoms with Crippen molar-refractivity contribution < 1.29 is 28.2 Å². The smallest absolute Gasteiger partial charge is 0.338 e. The summed E-state index contributed by atoms with van der Waals surface area (Å²) < 4.78 is 21.3. The Balaban J connectivity index is 1.69. The van der Waals surface area contributed by atoms with Gasteiger partial charge in [-0.3, -0.25) is 14.6 Å². The first-order valence-electron chi connectivity index (χ1n) is 11.0. The van der Waals surface area contributed by atoms with Gasteiger partial charge in [0.25, 0.3) is 0 Å². The van der Waals surface area contributed by atoms with E-state index < -0.39 is 11.6 Å². The fourth-order valence-corrected chi connectivity index (χ4v) is 3.78. The van der Waals surface area contributed by atoms with Gasteiger partial charge in [-0.1, -0.05) is 23.2 Å². The number of unbranched alkanes of at least 4 members (excludes halogenated alkanes) is 2. The van der Waals surface area contributed by atoms with Crippen molar-refractivity contribution in [2.45, 2.75) is 25.7 Å². The largest absolute Gasteiger partial charge is 0.493 e. The Hall–Kier alpha value is -3.50. The van der Waals surface area contributed by atoms with Crippen molar-refractivity contribution in [3.63, 3.8) is 0 Å². The average molecular weight is 538 g/mol. The molecule has 0 saturated carbocycles. The second-order valence-corrected chi connectivity index (χ2v) is 8.38. The highest BCUT2D eigenvalue weighted by molar-refractivity contribution is 6.39. The molecule has 2 N–H and O–H groups in total. The third kappa shape index (κ3) is 7.02. The lowest BCUT2D eigenvalue weighted by molar-refractivity contribution is -0.141. The number of aromatic nitrogens is 1. The number of hydrogen-bond acceptors (Lipinski definition) is 9. The molecule has 2 heterocycles. The van der Waals surface area contributed by atoms with E-state index >= 15 is 0 Å². The number of nitrogens with zero attached hydrogens (tertiary/aromatic N) is 1. The number of benzene rings is 1. The molecule has 3 rings (SSSR count). The zero-order valence-electron chi connectivity index (χ0n) is 19.7. The number of anilines is 2. The third-order valence-corrected chi connectivity index (χ3v) is 5.69. The van der Waals surface area contributed by atoms with Gasteiger partial charge >= 0.3 is 11.6 Å². The summed E-state index contributed by atoms with van der Waals surface area (Å²) in [7, 11) is 2.74. The van der Waals surface area contributed by atoms with Crippen LogP contribution in [-0.2, 0) is 14.3 Å². The fraction of sp³-hybridized carbons (Fsp3) is 0.333. The van der Waals surface area contributed by atoms with Crippen LogP contribution >= 0.6 is 23.2 Å². The molecule has 0 saturated heterocycles. The van der Waals surface area contributed by atoms with Gasteiger partial charge in [0, 0.05) is 30.3 Å². The van der Waals surface area contributed by atoms with Crippen LogP contribution in [0.4, 0.5) is 11.4 Å². The second-order valence-electron chi connectivity index (χ2n) is 7.57. The number of esters is 1. The van der Waals surface area contributed by atoms with Crippen LogP contribution in [-0.4, -0.2) is 44.2 Å². The Morgan fingerprint density at radius 2 is 1.83 bits per heavy atom. The lowest BCUT2D eigenvalue weighted by Gasteiger charge is -2.15. The lowest BCUT2D eigenvalue weighted by atomic mass is 10.1. The first kappa shape index (κ1) is 27.1. The molecule has 0 aliphatic carbocycles. The molecule has 0 unspecified atom stereocenters. The molecule has 192 valence electrons. The van der Waals surface area contributed by atoms with E-state index in [1.54, 1.807) is 12.1 Å². The molecule has 0 spiro atoms. The summed E-state index contributed by atoms with van der Waals surface area (Å²) in [6.45, 7) is 0.142. The number of halogens is 2. The SMILES string of the molecule is COC(=O)CNC(=O)CCCCCOc1c(OC)ccc2c(Nc3c(Cl)cncc3Cl)cc(=O)oc12. The Morgan fingerprint density at radius 1 is 1.08 bits per heavy atom. The monoisotopic (exact) mass is 537 g/mol. The summed E-state index contributed by atoms with van der Waals surface area (Å²) >= 11 is 12.4. The van der Waals surface area contributed by atoms with Gasteiger partial charge < -0.3 is 29.3 Å². The number of pyridine rings is 1. The molecule has 36 heavy (non-hydrogen) atoms. The molecular weight excluding hydrogens is 513 g/mol. The number of ether oxygens (including phenoxy) is 3. The quantitative estimate of drug-likeness (QED) is 0.195. The predicted octanol–water partition coefficient (Wildman–Crippen LogP) is 4.48. The molecule has 2 aromatic heterocycles. The minimum Gasteiger partial charge on any atom is -0.493 e. The van der Waals surface area contributed by atoms with Crippen molar-refractivity contribution >= 4 is 57.4 Å². The van der Waals surface area contributed by atoms with Crippen LogP contribution in [0.15, 0.2) is 39.8 Å². The standard InChI is InChI=1S/C24H25Cl2N3O7/c1-33-18-8-7-14-17(29-22-15(25)11-27-12-16(22)26)10-20(31)36-23(14)24(18)35-9-5-3-4-6-19(30)28-13-21(32)34-2/h7-8,10-12H,3-6,9,13H2,1-2H3,(H,27,29)(H,28,30). The highest BCUT2D eigenvalue weighted by Crippen LogP contribution is 2.40. The lowest BCUT2D eigenvalue weighted by Crippen LogP contribution is -2.29. The molecule has 0 radical (unpaired) electrons. The molecule has 1 aromatic carbocycles. The molecular formula is C24H25Cl2N3O7. The Labute approximate surface area is 216 Å². The summed E-state index contributed by atoms with van der Waals surface area (Å²) in [4.78, 5) is 39.1. The van der Waals surface area contributed by atoms with Crippen molar-refractivity contribution in [3.05, 3.63) is 51.1 Å². The number of carbonyl (C=O) groups is 2. The summed E-state index contributed by atoms with van der Waals surface area (Å²) in [6, 6.07) is 4.71. The van der Waals surface area contributed by atoms with Crippen molar-refractivity contribution in [2.24, 2.45) is 0 Å². The minimum atomic E-state index is -0.609. The van der Waals surface area contributed by atoms with Crippen molar-refractivity contribution in [1.29, 1.82) is 0 Å². The van der Waals surface area contributed by atoms with Gasteiger partial charge in [0.1, 0.15) is 6.54 Å². The van der Waals surface area contributed by atoms with Crippen LogP contribution in [0.5, 0.6) is 11.5 Å². The van der Waals surface area contributed by atoms with E-state index in [1.165, 1.54) is 32.7 Å². The van der Waals surface area contributed by atoms with E-state index in [0.29, 0.717) is 48.4 Å². The Morgan fingerprint density at radius 3 is 2.53 bits per heavy atom. The van der Waals surface area contributed by atoms with E-state index in [2.05, 4.69) is 20.4 Å². The molecule has 0 fully saturated rings. The van der Waals surface area contributed by atoms with E-state index in [-0.39, 0.29) is 40.3 Å². The van der Waals surface area contributed by atoms with Crippen LogP contribution in [0.1, 0.15) is 25.7 Å². The van der Waals surface area contributed by atoms with Gasteiger partial charge in [0.05, 0.1) is 42.2 Å². The van der Waals surface area contributed by atoms with Gasteiger partial charge in [-0.2, -0.15) is 0 Å². The van der Waals surface area contributed by atoms with Crippen LogP contribution in [0, 0.1) is 0 Å². The summed E-state index contributed by atoms with van der Waals surface area (Å²) in [5.41, 5.74) is 0.408. The number of amides is 1. The maximum Gasteiger partial charge on any atom is 0.338 e. The van der Waals surface area contributed by atoms with Crippen LogP contribution in [0.2, 0.25) is 10.0 Å². The average Bonchev–Trinajstić information content (AvgIpc) is 2.86. The first-order chi connectivity index (χ1) is 17.3. The molecule has 3 aromatic rings. The summed E-state index contributed by atoms with van der Waals surface area (Å²) in [5.74, 6) is -0.0607. The van der Waals surface area contributed by atoms with Gasteiger partial charge in [0.2, 0.25) is 11.7 Å². The molecule has 0 atom stereocenters.